The van der Waals surface area contributed by atoms with Crippen molar-refractivity contribution >= 4 is 11.5 Å². The van der Waals surface area contributed by atoms with Gasteiger partial charge in [0, 0.05) is 6.08 Å². The lowest BCUT2D eigenvalue weighted by Crippen LogP contribution is -2.04. The van der Waals surface area contributed by atoms with Gasteiger partial charge in [0.05, 0.1) is 11.5 Å². The number of aliphatic hydroxyl groups excluding tert-OH is 1. The third kappa shape index (κ3) is 3.46. The van der Waals surface area contributed by atoms with Gasteiger partial charge in [-0.3, -0.25) is 4.79 Å². The predicted octanol–water partition coefficient (Wildman–Crippen LogP) is 1.06. The highest BCUT2D eigenvalue weighted by Crippen LogP contribution is 1.86. The van der Waals surface area contributed by atoms with E-state index >= 15 is 0 Å². The summed E-state index contributed by atoms with van der Waals surface area (Å²) in [6.07, 6.45) is 1.02. The summed E-state index contributed by atoms with van der Waals surface area (Å²) in [6, 6.07) is 0. The zero-order valence-corrected chi connectivity index (χ0v) is 5.43. The lowest BCUT2D eigenvalue weighted by atomic mass is 10.2. The number of rotatable bonds is 2. The van der Waals surface area contributed by atoms with Crippen LogP contribution in [0.1, 0.15) is 13.8 Å². The summed E-state index contributed by atoms with van der Waals surface area (Å²) in [5.41, 5.74) is -0.0663. The molecular weight excluding hydrogens is 118 g/mol. The van der Waals surface area contributed by atoms with Crippen LogP contribution in [0, 0.1) is 5.41 Å². The van der Waals surface area contributed by atoms with E-state index in [1.807, 2.05) is 0 Å². The molecule has 2 N–H and O–H groups in total. The topological polar surface area (TPSA) is 61.2 Å². The fraction of sp³-hybridized carbons (Fsp3) is 0.333. The van der Waals surface area contributed by atoms with Crippen LogP contribution in [0.25, 0.3) is 0 Å². The molecular formula is C6H9NO2. The number of hydrogen-bond acceptors (Lipinski definition) is 3. The number of carbonyl (C=O) groups is 1. The molecule has 0 bridgehead atoms. The molecule has 0 amide bonds. The maximum Gasteiger partial charge on any atom is 0.202 e. The molecule has 50 valence electrons. The quantitative estimate of drug-likeness (QED) is 0.331. The minimum atomic E-state index is -0.449. The van der Waals surface area contributed by atoms with Crippen LogP contribution in [0.15, 0.2) is 11.8 Å². The predicted molar refractivity (Wildman–Crippen MR) is 34.8 cm³/mol. The van der Waals surface area contributed by atoms with Crippen molar-refractivity contribution in [3.63, 3.8) is 0 Å². The highest BCUT2D eigenvalue weighted by atomic mass is 16.3. The van der Waals surface area contributed by atoms with Crippen molar-refractivity contribution in [3.05, 3.63) is 11.8 Å². The molecule has 0 aliphatic heterocycles. The van der Waals surface area contributed by atoms with E-state index in [4.69, 9.17) is 10.5 Å². The van der Waals surface area contributed by atoms with Gasteiger partial charge in [-0.05, 0) is 13.8 Å². The van der Waals surface area contributed by atoms with Crippen LogP contribution < -0.4 is 0 Å². The first-order valence-electron chi connectivity index (χ1n) is 2.51. The minimum absolute atomic E-state index is 0.0633. The van der Waals surface area contributed by atoms with E-state index in [9.17, 15) is 4.79 Å². The Labute approximate surface area is 53.5 Å². The number of hydrogen-bond donors (Lipinski definition) is 2. The molecule has 0 saturated heterocycles. The molecule has 0 spiro atoms. The second-order valence-electron chi connectivity index (χ2n) is 1.77. The normalized spacial score (nSPS) is 11.1. The van der Waals surface area contributed by atoms with Crippen LogP contribution in [-0.2, 0) is 4.79 Å². The maximum atomic E-state index is 10.5. The summed E-state index contributed by atoms with van der Waals surface area (Å²) < 4.78 is 0. The second-order valence-corrected chi connectivity index (χ2v) is 1.77. The van der Waals surface area contributed by atoms with Gasteiger partial charge in [-0.25, -0.2) is 0 Å². The van der Waals surface area contributed by atoms with Gasteiger partial charge < -0.3 is 10.5 Å². The second kappa shape index (κ2) is 3.02. The molecule has 0 unspecified atom stereocenters. The first-order valence-corrected chi connectivity index (χ1v) is 2.51. The molecule has 0 rings (SSSR count). The third-order valence-electron chi connectivity index (χ3n) is 0.710. The first-order chi connectivity index (χ1) is 4.04. The van der Waals surface area contributed by atoms with E-state index in [1.165, 1.54) is 13.8 Å². The summed E-state index contributed by atoms with van der Waals surface area (Å²) >= 11 is 0. The van der Waals surface area contributed by atoms with Gasteiger partial charge in [0.2, 0.25) is 5.78 Å². The van der Waals surface area contributed by atoms with Gasteiger partial charge in [-0.1, -0.05) is 0 Å². The van der Waals surface area contributed by atoms with Crippen LogP contribution in [0.4, 0.5) is 0 Å². The van der Waals surface area contributed by atoms with Gasteiger partial charge in [0.15, 0.2) is 0 Å². The van der Waals surface area contributed by atoms with Gasteiger partial charge in [0.1, 0.15) is 0 Å². The molecule has 0 radical (unpaired) electrons. The fourth-order valence-electron chi connectivity index (χ4n) is 0.298. The van der Waals surface area contributed by atoms with Gasteiger partial charge in [0.25, 0.3) is 0 Å². The Morgan fingerprint density at radius 2 is 2.00 bits per heavy atom. The van der Waals surface area contributed by atoms with E-state index in [0.29, 0.717) is 0 Å². The summed E-state index contributed by atoms with van der Waals surface area (Å²) in [6.45, 7) is 2.77. The number of allylic oxidation sites excluding steroid dienone is 2. The van der Waals surface area contributed by atoms with Crippen molar-refractivity contribution in [1.29, 1.82) is 5.41 Å². The Morgan fingerprint density at radius 3 is 2.11 bits per heavy atom. The van der Waals surface area contributed by atoms with Crippen molar-refractivity contribution in [3.8, 4) is 0 Å². The molecule has 0 aliphatic carbocycles. The zero-order valence-electron chi connectivity index (χ0n) is 5.43. The Morgan fingerprint density at radius 1 is 1.56 bits per heavy atom. The van der Waals surface area contributed by atoms with Crippen LogP contribution in [0.5, 0.6) is 0 Å². The Bertz CT molecular complexity index is 166. The first kappa shape index (κ1) is 7.88. The maximum absolute atomic E-state index is 10.5. The third-order valence-corrected chi connectivity index (χ3v) is 0.710. The Balaban J connectivity index is 4.09. The number of carbonyl (C=O) groups excluding carboxylic acids is 1. The van der Waals surface area contributed by atoms with Crippen molar-refractivity contribution < 1.29 is 9.90 Å². The van der Waals surface area contributed by atoms with Gasteiger partial charge in [-0.15, -0.1) is 0 Å². The smallest absolute Gasteiger partial charge is 0.202 e. The number of aliphatic hydroxyl groups is 1. The van der Waals surface area contributed by atoms with Crippen LogP contribution >= 0.6 is 0 Å². The molecule has 0 fully saturated rings. The van der Waals surface area contributed by atoms with E-state index < -0.39 is 5.78 Å². The number of nitrogens with one attached hydrogen (secondary N) is 1. The Hall–Kier alpha value is -1.12. The lowest BCUT2D eigenvalue weighted by molar-refractivity contribution is -0.109. The molecule has 0 aromatic carbocycles. The standard InChI is InChI=1S/C6H9NO2/c1-4(8)3-6(9)5(2)7/h3,7-8H,1-2H3/b4-3-,7-5?. The highest BCUT2D eigenvalue weighted by Gasteiger charge is 1.98. The molecule has 3 nitrogen and oxygen atoms in total. The zero-order chi connectivity index (χ0) is 7.44. The molecule has 0 saturated carbocycles. The average molecular weight is 127 g/mol. The highest BCUT2D eigenvalue weighted by molar-refractivity contribution is 6.42. The molecule has 9 heavy (non-hydrogen) atoms. The average Bonchev–Trinajstić information content (AvgIpc) is 1.63. The largest absolute Gasteiger partial charge is 0.512 e. The van der Waals surface area contributed by atoms with Gasteiger partial charge >= 0.3 is 0 Å². The van der Waals surface area contributed by atoms with E-state index in [-0.39, 0.29) is 11.5 Å². The van der Waals surface area contributed by atoms with Crippen molar-refractivity contribution in [2.45, 2.75) is 13.8 Å². The molecule has 0 heterocycles. The van der Waals surface area contributed by atoms with E-state index in [1.54, 1.807) is 0 Å². The van der Waals surface area contributed by atoms with Crippen molar-refractivity contribution in [1.82, 2.24) is 0 Å². The Kier molecular flexibility index (Phi) is 2.64. The van der Waals surface area contributed by atoms with E-state index in [0.717, 1.165) is 6.08 Å². The summed E-state index contributed by atoms with van der Waals surface area (Å²) in [7, 11) is 0. The molecule has 0 atom stereocenters. The molecule has 0 aliphatic rings. The lowest BCUT2D eigenvalue weighted by Gasteiger charge is -1.87. The van der Waals surface area contributed by atoms with Crippen LogP contribution in [0.2, 0.25) is 0 Å². The molecule has 0 aromatic heterocycles. The number of ketones is 1. The van der Waals surface area contributed by atoms with Crippen molar-refractivity contribution in [2.24, 2.45) is 0 Å². The fourth-order valence-corrected chi connectivity index (χ4v) is 0.298. The molecule has 3 heteroatoms. The van der Waals surface area contributed by atoms with Crippen molar-refractivity contribution in [2.75, 3.05) is 0 Å². The van der Waals surface area contributed by atoms with Gasteiger partial charge in [-0.2, -0.15) is 0 Å². The minimum Gasteiger partial charge on any atom is -0.512 e. The summed E-state index contributed by atoms with van der Waals surface area (Å²) in [4.78, 5) is 10.5. The van der Waals surface area contributed by atoms with Crippen LogP contribution in [-0.4, -0.2) is 16.6 Å². The monoisotopic (exact) mass is 127 g/mol. The summed E-state index contributed by atoms with van der Waals surface area (Å²) in [5.74, 6) is -0.512. The summed E-state index contributed by atoms with van der Waals surface area (Å²) in [5, 5.41) is 15.3. The molecule has 0 aromatic rings. The SMILES string of the molecule is CC(=N)C(=O)/C=C(/C)O. The van der Waals surface area contributed by atoms with Crippen LogP contribution in [0.3, 0.4) is 0 Å². The van der Waals surface area contributed by atoms with E-state index in [2.05, 4.69) is 0 Å².